The van der Waals surface area contributed by atoms with Crippen molar-refractivity contribution in [3.8, 4) is 0 Å². The zero-order valence-electron chi connectivity index (χ0n) is 7.69. The lowest BCUT2D eigenvalue weighted by Gasteiger charge is -2.07. The van der Waals surface area contributed by atoms with Gasteiger partial charge in [-0.1, -0.05) is 13.3 Å². The van der Waals surface area contributed by atoms with Gasteiger partial charge in [-0.25, -0.2) is 0 Å². The monoisotopic (exact) mass is 153 g/mol. The van der Waals surface area contributed by atoms with E-state index in [1.165, 1.54) is 32.2 Å². The molecule has 0 radical (unpaired) electrons. The highest BCUT2D eigenvalue weighted by Gasteiger charge is 2.55. The largest absolute Gasteiger partial charge is 0.319 e. The zero-order chi connectivity index (χ0) is 7.90. The summed E-state index contributed by atoms with van der Waals surface area (Å²) >= 11 is 0. The molecular weight excluding hydrogens is 134 g/mol. The summed E-state index contributed by atoms with van der Waals surface area (Å²) in [6.45, 7) is 3.66. The van der Waals surface area contributed by atoms with Gasteiger partial charge in [0.05, 0.1) is 0 Å². The average Bonchev–Trinajstić information content (AvgIpc) is 2.46. The number of hydrogen-bond acceptors (Lipinski definition) is 1. The van der Waals surface area contributed by atoms with Gasteiger partial charge in [-0.05, 0) is 50.1 Å². The van der Waals surface area contributed by atoms with Gasteiger partial charge in [0.1, 0.15) is 0 Å². The summed E-state index contributed by atoms with van der Waals surface area (Å²) in [5.74, 6) is 2.04. The van der Waals surface area contributed by atoms with Crippen LogP contribution in [-0.4, -0.2) is 13.6 Å². The van der Waals surface area contributed by atoms with Gasteiger partial charge in [0.2, 0.25) is 0 Å². The molecule has 3 unspecified atom stereocenters. The molecule has 1 heteroatoms. The molecule has 2 saturated carbocycles. The van der Waals surface area contributed by atoms with Crippen molar-refractivity contribution in [1.29, 1.82) is 0 Å². The Morgan fingerprint density at radius 3 is 2.82 bits per heavy atom. The first-order valence-corrected chi connectivity index (χ1v) is 4.91. The van der Waals surface area contributed by atoms with E-state index < -0.39 is 0 Å². The van der Waals surface area contributed by atoms with E-state index in [0.717, 1.165) is 17.3 Å². The molecule has 64 valence electrons. The molecule has 0 aromatic heterocycles. The van der Waals surface area contributed by atoms with E-state index in [1.807, 2.05) is 0 Å². The molecule has 0 aromatic rings. The van der Waals surface area contributed by atoms with Crippen molar-refractivity contribution < 1.29 is 0 Å². The fourth-order valence-electron chi connectivity index (χ4n) is 2.96. The molecule has 1 spiro atoms. The van der Waals surface area contributed by atoms with Gasteiger partial charge in [0, 0.05) is 0 Å². The van der Waals surface area contributed by atoms with E-state index in [-0.39, 0.29) is 0 Å². The van der Waals surface area contributed by atoms with E-state index in [2.05, 4.69) is 19.3 Å². The van der Waals surface area contributed by atoms with Gasteiger partial charge < -0.3 is 5.32 Å². The van der Waals surface area contributed by atoms with Crippen molar-refractivity contribution in [1.82, 2.24) is 5.32 Å². The topological polar surface area (TPSA) is 12.0 Å². The maximum absolute atomic E-state index is 3.30. The van der Waals surface area contributed by atoms with Crippen molar-refractivity contribution in [2.45, 2.75) is 32.6 Å². The Bertz CT molecular complexity index is 155. The summed E-state index contributed by atoms with van der Waals surface area (Å²) in [6, 6.07) is 0. The zero-order valence-corrected chi connectivity index (χ0v) is 7.69. The predicted octanol–water partition coefficient (Wildman–Crippen LogP) is 2.03. The maximum atomic E-state index is 3.30. The van der Waals surface area contributed by atoms with Crippen LogP contribution in [0.4, 0.5) is 0 Å². The summed E-state index contributed by atoms with van der Waals surface area (Å²) in [7, 11) is 2.07. The van der Waals surface area contributed by atoms with Gasteiger partial charge in [-0.2, -0.15) is 0 Å². The molecule has 0 aromatic carbocycles. The van der Waals surface area contributed by atoms with E-state index in [9.17, 15) is 0 Å². The molecule has 0 saturated heterocycles. The second-order valence-corrected chi connectivity index (χ2v) is 4.67. The van der Waals surface area contributed by atoms with Crippen molar-refractivity contribution >= 4 is 0 Å². The van der Waals surface area contributed by atoms with Crippen LogP contribution >= 0.6 is 0 Å². The molecule has 1 N–H and O–H groups in total. The number of hydrogen-bond donors (Lipinski definition) is 1. The Labute approximate surface area is 69.6 Å². The van der Waals surface area contributed by atoms with E-state index in [1.54, 1.807) is 0 Å². The fraction of sp³-hybridized carbons (Fsp3) is 1.00. The summed E-state index contributed by atoms with van der Waals surface area (Å²) in [5, 5.41) is 3.30. The highest BCUT2D eigenvalue weighted by molar-refractivity contribution is 5.06. The van der Waals surface area contributed by atoms with Crippen molar-refractivity contribution in [2.75, 3.05) is 13.6 Å². The minimum Gasteiger partial charge on any atom is -0.319 e. The fourth-order valence-corrected chi connectivity index (χ4v) is 2.96. The summed E-state index contributed by atoms with van der Waals surface area (Å²) < 4.78 is 0. The molecule has 2 fully saturated rings. The lowest BCUT2D eigenvalue weighted by molar-refractivity contribution is 0.441. The van der Waals surface area contributed by atoms with Gasteiger partial charge in [0.25, 0.3) is 0 Å². The minimum absolute atomic E-state index is 0.822. The highest BCUT2D eigenvalue weighted by atomic mass is 14.8. The van der Waals surface area contributed by atoms with Crippen LogP contribution in [0.25, 0.3) is 0 Å². The molecule has 2 aliphatic rings. The lowest BCUT2D eigenvalue weighted by atomic mass is 10.0. The van der Waals surface area contributed by atoms with Crippen LogP contribution in [0.15, 0.2) is 0 Å². The number of nitrogens with one attached hydrogen (secondary N) is 1. The summed E-state index contributed by atoms with van der Waals surface area (Å²) in [4.78, 5) is 0. The van der Waals surface area contributed by atoms with Gasteiger partial charge >= 0.3 is 0 Å². The molecule has 0 aliphatic heterocycles. The quantitative estimate of drug-likeness (QED) is 0.640. The van der Waals surface area contributed by atoms with Crippen molar-refractivity contribution in [3.05, 3.63) is 0 Å². The standard InChI is InChI=1S/C10H19N/c1-8-3-4-10(5-8)6-9(10)7-11-2/h8-9,11H,3-7H2,1-2H3. The molecular formula is C10H19N. The van der Waals surface area contributed by atoms with Crippen LogP contribution in [0, 0.1) is 17.3 Å². The smallest absolute Gasteiger partial charge is 0.00180 e. The Hall–Kier alpha value is -0.0400. The summed E-state index contributed by atoms with van der Waals surface area (Å²) in [5.41, 5.74) is 0.822. The average molecular weight is 153 g/mol. The first-order valence-electron chi connectivity index (χ1n) is 4.91. The first-order chi connectivity index (χ1) is 5.27. The molecule has 11 heavy (non-hydrogen) atoms. The van der Waals surface area contributed by atoms with E-state index in [0.29, 0.717) is 0 Å². The van der Waals surface area contributed by atoms with Crippen LogP contribution in [0.2, 0.25) is 0 Å². The van der Waals surface area contributed by atoms with E-state index in [4.69, 9.17) is 0 Å². The molecule has 2 aliphatic carbocycles. The summed E-state index contributed by atoms with van der Waals surface area (Å²) in [6.07, 6.45) is 6.03. The highest BCUT2D eigenvalue weighted by Crippen LogP contribution is 2.63. The third-order valence-electron chi connectivity index (χ3n) is 3.70. The van der Waals surface area contributed by atoms with Crippen LogP contribution in [0.3, 0.4) is 0 Å². The Balaban J connectivity index is 1.87. The third-order valence-corrected chi connectivity index (χ3v) is 3.70. The van der Waals surface area contributed by atoms with E-state index >= 15 is 0 Å². The minimum atomic E-state index is 0.822. The van der Waals surface area contributed by atoms with Crippen molar-refractivity contribution in [2.24, 2.45) is 17.3 Å². The molecule has 3 atom stereocenters. The van der Waals surface area contributed by atoms with Crippen LogP contribution in [-0.2, 0) is 0 Å². The SMILES string of the molecule is CNCC1CC12CCC(C)C2. The molecule has 0 heterocycles. The Kier molecular flexibility index (Phi) is 1.71. The Morgan fingerprint density at radius 2 is 2.27 bits per heavy atom. The van der Waals surface area contributed by atoms with Gasteiger partial charge in [0.15, 0.2) is 0 Å². The molecule has 0 bridgehead atoms. The second-order valence-electron chi connectivity index (χ2n) is 4.67. The molecule has 2 rings (SSSR count). The van der Waals surface area contributed by atoms with Gasteiger partial charge in [-0.15, -0.1) is 0 Å². The maximum Gasteiger partial charge on any atom is -0.00180 e. The predicted molar refractivity (Wildman–Crippen MR) is 47.5 cm³/mol. The first kappa shape index (κ1) is 7.60. The second kappa shape index (κ2) is 2.48. The van der Waals surface area contributed by atoms with Crippen LogP contribution < -0.4 is 5.32 Å². The normalized spacial score (nSPS) is 48.5. The van der Waals surface area contributed by atoms with Gasteiger partial charge in [-0.3, -0.25) is 0 Å². The van der Waals surface area contributed by atoms with Crippen LogP contribution in [0.1, 0.15) is 32.6 Å². The lowest BCUT2D eigenvalue weighted by Crippen LogP contribution is -2.13. The van der Waals surface area contributed by atoms with Crippen LogP contribution in [0.5, 0.6) is 0 Å². The molecule has 0 amide bonds. The van der Waals surface area contributed by atoms with Crippen molar-refractivity contribution in [3.63, 3.8) is 0 Å². The molecule has 1 nitrogen and oxygen atoms in total. The third kappa shape index (κ3) is 1.20. The number of rotatable bonds is 2. The Morgan fingerprint density at radius 1 is 1.45 bits per heavy atom.